The Balaban J connectivity index is 2.38. The number of hydrogen-bond donors (Lipinski definition) is 2. The van der Waals surface area contributed by atoms with Crippen molar-refractivity contribution in [2.24, 2.45) is 0 Å². The summed E-state index contributed by atoms with van der Waals surface area (Å²) in [4.78, 5) is 12.0. The van der Waals surface area contributed by atoms with Crippen LogP contribution in [0.3, 0.4) is 0 Å². The number of amides is 1. The molecule has 0 aromatic rings. The standard InChI is InChI=1S/C8H15NO3/c10-6-3-8(12)1-4-9(7-11)5-2-8/h7,10,12H,1-6H2. The molecule has 1 fully saturated rings. The second-order valence-electron chi connectivity index (χ2n) is 3.34. The van der Waals surface area contributed by atoms with Crippen molar-refractivity contribution in [3.05, 3.63) is 0 Å². The predicted molar refractivity (Wildman–Crippen MR) is 43.5 cm³/mol. The molecule has 0 unspecified atom stereocenters. The van der Waals surface area contributed by atoms with Crippen LogP contribution in [0.2, 0.25) is 0 Å². The highest BCUT2D eigenvalue weighted by atomic mass is 16.3. The van der Waals surface area contributed by atoms with Crippen LogP contribution in [0, 0.1) is 0 Å². The van der Waals surface area contributed by atoms with Crippen molar-refractivity contribution >= 4 is 6.41 Å². The zero-order valence-corrected chi connectivity index (χ0v) is 7.07. The summed E-state index contributed by atoms with van der Waals surface area (Å²) < 4.78 is 0. The van der Waals surface area contributed by atoms with Gasteiger partial charge in [-0.25, -0.2) is 0 Å². The van der Waals surface area contributed by atoms with Gasteiger partial charge in [-0.05, 0) is 19.3 Å². The molecule has 0 bridgehead atoms. The zero-order chi connectivity index (χ0) is 9.03. The SMILES string of the molecule is O=CN1CCC(O)(CCO)CC1. The molecule has 70 valence electrons. The molecule has 1 saturated heterocycles. The highest BCUT2D eigenvalue weighted by molar-refractivity contribution is 5.47. The van der Waals surface area contributed by atoms with Gasteiger partial charge in [-0.15, -0.1) is 0 Å². The van der Waals surface area contributed by atoms with Crippen molar-refractivity contribution < 1.29 is 15.0 Å². The molecule has 4 heteroatoms. The molecular weight excluding hydrogens is 158 g/mol. The van der Waals surface area contributed by atoms with Gasteiger partial charge in [0.1, 0.15) is 0 Å². The van der Waals surface area contributed by atoms with Crippen LogP contribution in [0.1, 0.15) is 19.3 Å². The molecule has 0 spiro atoms. The summed E-state index contributed by atoms with van der Waals surface area (Å²) in [5.41, 5.74) is -0.742. The second-order valence-corrected chi connectivity index (χ2v) is 3.34. The molecule has 1 amide bonds. The Labute approximate surface area is 71.8 Å². The van der Waals surface area contributed by atoms with E-state index in [9.17, 15) is 9.90 Å². The van der Waals surface area contributed by atoms with E-state index >= 15 is 0 Å². The van der Waals surface area contributed by atoms with Crippen LogP contribution in [0.25, 0.3) is 0 Å². The second kappa shape index (κ2) is 3.87. The van der Waals surface area contributed by atoms with E-state index in [0.29, 0.717) is 32.4 Å². The van der Waals surface area contributed by atoms with Crippen molar-refractivity contribution in [1.82, 2.24) is 4.90 Å². The summed E-state index contributed by atoms with van der Waals surface area (Å²) >= 11 is 0. The molecule has 1 aliphatic heterocycles. The molecule has 1 heterocycles. The average molecular weight is 173 g/mol. The minimum absolute atomic E-state index is 0.0115. The molecule has 2 N–H and O–H groups in total. The quantitative estimate of drug-likeness (QED) is 0.558. The molecule has 1 aliphatic rings. The van der Waals surface area contributed by atoms with Crippen molar-refractivity contribution in [2.45, 2.75) is 24.9 Å². The van der Waals surface area contributed by atoms with Crippen LogP contribution < -0.4 is 0 Å². The summed E-state index contributed by atoms with van der Waals surface area (Å²) in [6.45, 7) is 1.21. The molecule has 0 aromatic heterocycles. The lowest BCUT2D eigenvalue weighted by molar-refractivity contribution is -0.122. The van der Waals surface area contributed by atoms with E-state index in [-0.39, 0.29) is 6.61 Å². The van der Waals surface area contributed by atoms with E-state index in [1.807, 2.05) is 0 Å². The number of rotatable bonds is 3. The van der Waals surface area contributed by atoms with E-state index in [4.69, 9.17) is 5.11 Å². The molecule has 0 atom stereocenters. The van der Waals surface area contributed by atoms with Crippen LogP contribution in [0.4, 0.5) is 0 Å². The first-order valence-electron chi connectivity index (χ1n) is 4.23. The number of piperidine rings is 1. The van der Waals surface area contributed by atoms with Gasteiger partial charge < -0.3 is 15.1 Å². The Morgan fingerprint density at radius 1 is 1.42 bits per heavy atom. The van der Waals surface area contributed by atoms with E-state index in [0.717, 1.165) is 6.41 Å². The van der Waals surface area contributed by atoms with Crippen molar-refractivity contribution in [1.29, 1.82) is 0 Å². The summed E-state index contributed by atoms with van der Waals surface area (Å²) in [5.74, 6) is 0. The average Bonchev–Trinajstić information content (AvgIpc) is 2.06. The minimum atomic E-state index is -0.742. The van der Waals surface area contributed by atoms with E-state index in [2.05, 4.69) is 0 Å². The van der Waals surface area contributed by atoms with Gasteiger partial charge in [-0.2, -0.15) is 0 Å². The highest BCUT2D eigenvalue weighted by Gasteiger charge is 2.30. The highest BCUT2D eigenvalue weighted by Crippen LogP contribution is 2.24. The smallest absolute Gasteiger partial charge is 0.209 e. The Hall–Kier alpha value is -0.610. The third kappa shape index (κ3) is 2.19. The van der Waals surface area contributed by atoms with Gasteiger partial charge in [0.05, 0.1) is 5.60 Å². The fourth-order valence-electron chi connectivity index (χ4n) is 1.50. The first kappa shape index (κ1) is 9.48. The Bertz CT molecular complexity index is 152. The third-order valence-electron chi connectivity index (χ3n) is 2.45. The van der Waals surface area contributed by atoms with Crippen LogP contribution in [0.15, 0.2) is 0 Å². The van der Waals surface area contributed by atoms with Crippen LogP contribution in [0.5, 0.6) is 0 Å². The number of nitrogens with zero attached hydrogens (tertiary/aromatic N) is 1. The molecule has 4 nitrogen and oxygen atoms in total. The fourth-order valence-corrected chi connectivity index (χ4v) is 1.50. The number of likely N-dealkylation sites (tertiary alicyclic amines) is 1. The van der Waals surface area contributed by atoms with Crippen molar-refractivity contribution in [2.75, 3.05) is 19.7 Å². The number of carbonyl (C=O) groups is 1. The van der Waals surface area contributed by atoms with Crippen molar-refractivity contribution in [3.63, 3.8) is 0 Å². The van der Waals surface area contributed by atoms with Gasteiger partial charge in [-0.1, -0.05) is 0 Å². The lowest BCUT2D eigenvalue weighted by Gasteiger charge is -2.36. The lowest BCUT2D eigenvalue weighted by atomic mass is 9.89. The largest absolute Gasteiger partial charge is 0.396 e. The normalized spacial score (nSPS) is 22.3. The molecule has 1 rings (SSSR count). The van der Waals surface area contributed by atoms with E-state index in [1.165, 1.54) is 0 Å². The van der Waals surface area contributed by atoms with Gasteiger partial charge in [0.15, 0.2) is 0 Å². The first-order chi connectivity index (χ1) is 5.70. The summed E-state index contributed by atoms with van der Waals surface area (Å²) in [7, 11) is 0. The Kier molecular flexibility index (Phi) is 3.05. The minimum Gasteiger partial charge on any atom is -0.396 e. The Morgan fingerprint density at radius 3 is 2.42 bits per heavy atom. The molecule has 0 aliphatic carbocycles. The molecular formula is C8H15NO3. The number of aliphatic hydroxyl groups excluding tert-OH is 1. The van der Waals surface area contributed by atoms with Crippen LogP contribution in [-0.4, -0.2) is 46.8 Å². The van der Waals surface area contributed by atoms with Crippen molar-refractivity contribution in [3.8, 4) is 0 Å². The maximum atomic E-state index is 10.3. The molecule has 0 radical (unpaired) electrons. The molecule has 0 aromatic carbocycles. The number of hydrogen-bond acceptors (Lipinski definition) is 3. The van der Waals surface area contributed by atoms with Gasteiger partial charge in [0.25, 0.3) is 0 Å². The maximum Gasteiger partial charge on any atom is 0.209 e. The topological polar surface area (TPSA) is 60.8 Å². The van der Waals surface area contributed by atoms with Gasteiger partial charge >= 0.3 is 0 Å². The van der Waals surface area contributed by atoms with E-state index in [1.54, 1.807) is 4.90 Å². The lowest BCUT2D eigenvalue weighted by Crippen LogP contribution is -2.44. The Morgan fingerprint density at radius 2 is 2.00 bits per heavy atom. The monoisotopic (exact) mass is 173 g/mol. The molecule has 0 saturated carbocycles. The van der Waals surface area contributed by atoms with Crippen LogP contribution in [-0.2, 0) is 4.79 Å². The maximum absolute atomic E-state index is 10.3. The molecule has 12 heavy (non-hydrogen) atoms. The summed E-state index contributed by atoms with van der Waals surface area (Å²) in [5, 5.41) is 18.4. The van der Waals surface area contributed by atoms with Gasteiger partial charge in [0, 0.05) is 19.7 Å². The third-order valence-corrected chi connectivity index (χ3v) is 2.45. The number of carbonyl (C=O) groups excluding carboxylic acids is 1. The predicted octanol–water partition coefficient (Wildman–Crippen LogP) is -0.648. The fraction of sp³-hybridized carbons (Fsp3) is 0.875. The van der Waals surface area contributed by atoms with E-state index < -0.39 is 5.60 Å². The van der Waals surface area contributed by atoms with Gasteiger partial charge in [-0.3, -0.25) is 4.79 Å². The van der Waals surface area contributed by atoms with Gasteiger partial charge in [0.2, 0.25) is 6.41 Å². The zero-order valence-electron chi connectivity index (χ0n) is 7.07. The summed E-state index contributed by atoms with van der Waals surface area (Å²) in [6, 6.07) is 0. The summed E-state index contributed by atoms with van der Waals surface area (Å²) in [6.07, 6.45) is 2.37. The van der Waals surface area contributed by atoms with Crippen LogP contribution >= 0.6 is 0 Å². The number of aliphatic hydroxyl groups is 2. The first-order valence-corrected chi connectivity index (χ1v) is 4.23.